The zero-order chi connectivity index (χ0) is 21.0. The first kappa shape index (κ1) is 25.2. The highest BCUT2D eigenvalue weighted by Gasteiger charge is 2.51. The van der Waals surface area contributed by atoms with Crippen LogP contribution < -0.4 is 0 Å². The van der Waals surface area contributed by atoms with Crippen molar-refractivity contribution >= 4 is 89.8 Å². The minimum atomic E-state index is -5.71. The maximum atomic E-state index is 13.3. The Labute approximate surface area is 195 Å². The molecule has 0 aromatic heterocycles. The largest absolute Gasteiger partial charge is 0.462 e. The molecule has 27 heavy (non-hydrogen) atoms. The van der Waals surface area contributed by atoms with Gasteiger partial charge in [-0.1, -0.05) is 0 Å². The molecule has 0 bridgehead atoms. The van der Waals surface area contributed by atoms with E-state index in [4.69, 9.17) is 9.29 Å². The Hall–Kier alpha value is 0.120. The third kappa shape index (κ3) is 6.84. The maximum absolute atomic E-state index is 13.3. The van der Waals surface area contributed by atoms with Gasteiger partial charge in [0.2, 0.25) is 0 Å². The Kier molecular flexibility index (Phi) is 9.54. The maximum Gasteiger partial charge on any atom is 0.405 e. The molecule has 1 atom stereocenters. The molecule has 0 fully saturated rings. The van der Waals surface area contributed by atoms with Crippen LogP contribution in [0.15, 0.2) is 12.1 Å². The van der Waals surface area contributed by atoms with Crippen LogP contribution in [0.5, 0.6) is 0 Å². The number of hydrogen-bond acceptors (Lipinski definition) is 6. The van der Waals surface area contributed by atoms with Crippen molar-refractivity contribution in [3.8, 4) is 0 Å². The molecule has 1 rings (SSSR count). The summed E-state index contributed by atoms with van der Waals surface area (Å²) in [5.41, 5.74) is 0.395. The lowest BCUT2D eigenvalue weighted by Gasteiger charge is -2.20. The number of carbonyl (C=O) groups is 2. The first-order valence-corrected chi connectivity index (χ1v) is 11.8. The first-order chi connectivity index (χ1) is 12.3. The van der Waals surface area contributed by atoms with Crippen molar-refractivity contribution in [2.45, 2.75) is 31.1 Å². The van der Waals surface area contributed by atoms with E-state index in [9.17, 15) is 26.8 Å². The van der Waals surface area contributed by atoms with Crippen LogP contribution in [0.4, 0.5) is 8.78 Å². The van der Waals surface area contributed by atoms with Gasteiger partial charge in [0.25, 0.3) is 0 Å². The molecule has 0 amide bonds. The number of rotatable bonds is 8. The van der Waals surface area contributed by atoms with E-state index in [0.717, 1.165) is 7.14 Å². The normalized spacial score (nSPS) is 13.1. The highest BCUT2D eigenvalue weighted by atomic mass is 127. The van der Waals surface area contributed by atoms with Crippen molar-refractivity contribution in [1.29, 1.82) is 0 Å². The summed E-state index contributed by atoms with van der Waals surface area (Å²) in [4.78, 5) is 23.7. The molecular weight excluding hydrogens is 731 g/mol. The van der Waals surface area contributed by atoms with Crippen LogP contribution in [0.3, 0.4) is 0 Å². The van der Waals surface area contributed by atoms with Crippen LogP contribution in [0.2, 0.25) is 0 Å². The lowest BCUT2D eigenvalue weighted by molar-refractivity contribution is -0.159. The van der Waals surface area contributed by atoms with Crippen molar-refractivity contribution in [2.75, 3.05) is 6.61 Å². The number of hydrogen-bond donors (Lipinski definition) is 1. The Morgan fingerprint density at radius 2 is 1.78 bits per heavy atom. The highest BCUT2D eigenvalue weighted by Crippen LogP contribution is 2.27. The van der Waals surface area contributed by atoms with Gasteiger partial charge in [0.1, 0.15) is 0 Å². The number of alkyl halides is 2. The molecule has 0 saturated carbocycles. The molecule has 1 unspecified atom stereocenters. The first-order valence-electron chi connectivity index (χ1n) is 7.14. The highest BCUT2D eigenvalue weighted by molar-refractivity contribution is 14.1. The lowest BCUT2D eigenvalue weighted by Crippen LogP contribution is -2.42. The molecule has 0 radical (unpaired) electrons. The Morgan fingerprint density at radius 3 is 2.33 bits per heavy atom. The molecule has 0 aliphatic heterocycles. The monoisotopic (exact) mass is 744 g/mol. The van der Waals surface area contributed by atoms with Crippen LogP contribution in [-0.2, 0) is 24.4 Å². The van der Waals surface area contributed by atoms with Gasteiger partial charge in [-0.3, -0.25) is 9.35 Å². The lowest BCUT2D eigenvalue weighted by atomic mass is 10.2. The number of carbonyl (C=O) groups excluding carboxylic acids is 2. The molecule has 1 aromatic carbocycles. The minimum Gasteiger partial charge on any atom is -0.462 e. The molecule has 0 saturated heterocycles. The summed E-state index contributed by atoms with van der Waals surface area (Å²) in [6, 6.07) is 3.61. The Bertz CT molecular complexity index is 830. The van der Waals surface area contributed by atoms with Gasteiger partial charge in [-0.15, -0.1) is 0 Å². The summed E-state index contributed by atoms with van der Waals surface area (Å²) in [6.07, 6.45) is -2.75. The minimum absolute atomic E-state index is 0.00811. The summed E-state index contributed by atoms with van der Waals surface area (Å²) in [6.45, 7) is 0.487. The average Bonchev–Trinajstić information content (AvgIpc) is 2.54. The molecular formula is C14H13F2I3O7S. The summed E-state index contributed by atoms with van der Waals surface area (Å²) < 4.78 is 67.9. The predicted molar refractivity (Wildman–Crippen MR) is 116 cm³/mol. The zero-order valence-corrected chi connectivity index (χ0v) is 20.8. The standard InChI is InChI=1S/C14H13F2I3O7S/c1-7(14(15,16)27(22,23)24)26-10(20)3-2-6-25-13(21)11-8(17)4-5-9(18)12(11)19/h4-5,7H,2-3,6H2,1H3,(H,22,23,24). The number of halogens is 5. The molecule has 1 aromatic rings. The smallest absolute Gasteiger partial charge is 0.405 e. The van der Waals surface area contributed by atoms with Gasteiger partial charge in [-0.25, -0.2) is 4.79 Å². The van der Waals surface area contributed by atoms with Crippen molar-refractivity contribution in [3.63, 3.8) is 0 Å². The summed E-state index contributed by atoms with van der Waals surface area (Å²) in [5.74, 6) is -1.69. The molecule has 0 aliphatic carbocycles. The summed E-state index contributed by atoms with van der Waals surface area (Å²) in [7, 11) is -5.71. The van der Waals surface area contributed by atoms with E-state index in [1.54, 1.807) is 6.07 Å². The van der Waals surface area contributed by atoms with Crippen molar-refractivity contribution < 1.29 is 40.8 Å². The molecule has 0 aliphatic rings. The van der Waals surface area contributed by atoms with Gasteiger partial charge in [0.05, 0.1) is 12.2 Å². The topological polar surface area (TPSA) is 107 Å². The molecule has 1 N–H and O–H groups in total. The van der Waals surface area contributed by atoms with Crippen LogP contribution in [-0.4, -0.2) is 42.9 Å². The van der Waals surface area contributed by atoms with Gasteiger partial charge in [0, 0.05) is 17.1 Å². The molecule has 13 heteroatoms. The third-order valence-corrected chi connectivity index (χ3v) is 8.10. The Balaban J connectivity index is 2.52. The molecule has 7 nitrogen and oxygen atoms in total. The van der Waals surface area contributed by atoms with Gasteiger partial charge in [-0.2, -0.15) is 17.2 Å². The average molecular weight is 744 g/mol. The SMILES string of the molecule is CC(OC(=O)CCCOC(=O)c1c(I)ccc(I)c1I)C(F)(F)S(=O)(=O)O. The van der Waals surface area contributed by atoms with Gasteiger partial charge < -0.3 is 9.47 Å². The second-order valence-electron chi connectivity index (χ2n) is 5.13. The number of ether oxygens (including phenoxy) is 2. The van der Waals surface area contributed by atoms with E-state index in [1.165, 1.54) is 0 Å². The van der Waals surface area contributed by atoms with E-state index < -0.39 is 33.4 Å². The van der Waals surface area contributed by atoms with Gasteiger partial charge in [-0.05, 0) is 93.2 Å². The van der Waals surface area contributed by atoms with Crippen molar-refractivity contribution in [3.05, 3.63) is 28.4 Å². The van der Waals surface area contributed by atoms with Gasteiger partial charge in [0.15, 0.2) is 6.10 Å². The van der Waals surface area contributed by atoms with Crippen LogP contribution in [0.1, 0.15) is 30.1 Å². The summed E-state index contributed by atoms with van der Waals surface area (Å²) in [5, 5.41) is -4.62. The van der Waals surface area contributed by atoms with Crippen LogP contribution >= 0.6 is 67.8 Å². The third-order valence-electron chi connectivity index (χ3n) is 3.13. The molecule has 152 valence electrons. The van der Waals surface area contributed by atoms with E-state index >= 15 is 0 Å². The van der Waals surface area contributed by atoms with Crippen molar-refractivity contribution in [1.82, 2.24) is 0 Å². The van der Waals surface area contributed by atoms with Gasteiger partial charge >= 0.3 is 27.3 Å². The fourth-order valence-corrected chi connectivity index (χ4v) is 4.50. The second kappa shape index (κ2) is 10.2. The van der Waals surface area contributed by atoms with Crippen LogP contribution in [0, 0.1) is 10.7 Å². The van der Waals surface area contributed by atoms with E-state index in [2.05, 4.69) is 27.3 Å². The molecule has 0 heterocycles. The molecule has 0 spiro atoms. The van der Waals surface area contributed by atoms with E-state index in [-0.39, 0.29) is 19.4 Å². The fraction of sp³-hybridized carbons (Fsp3) is 0.429. The predicted octanol–water partition coefficient (Wildman–Crippen LogP) is 3.85. The second-order valence-corrected chi connectivity index (χ2v) is 10.0. The zero-order valence-electron chi connectivity index (χ0n) is 13.5. The van der Waals surface area contributed by atoms with E-state index in [0.29, 0.717) is 16.1 Å². The summed E-state index contributed by atoms with van der Waals surface area (Å²) >= 11 is 6.08. The number of esters is 2. The van der Waals surface area contributed by atoms with Crippen molar-refractivity contribution in [2.24, 2.45) is 0 Å². The number of benzene rings is 1. The quantitative estimate of drug-likeness (QED) is 0.142. The van der Waals surface area contributed by atoms with Crippen LogP contribution in [0.25, 0.3) is 0 Å². The fourth-order valence-electron chi connectivity index (χ4n) is 1.70. The Morgan fingerprint density at radius 1 is 1.22 bits per heavy atom. The van der Waals surface area contributed by atoms with E-state index in [1.807, 2.05) is 51.2 Å².